The minimum atomic E-state index is -0.0243. The first-order valence-electron chi connectivity index (χ1n) is 6.28. The van der Waals surface area contributed by atoms with Crippen LogP contribution in [0.5, 0.6) is 11.6 Å². The number of aryl methyl sites for hydroxylation is 1. The zero-order valence-electron chi connectivity index (χ0n) is 11.1. The SMILES string of the molecule is CCc1cc(Oc2ccc([C@H](C)N)cn2)ccc1Cl. The Hall–Kier alpha value is -1.58. The van der Waals surface area contributed by atoms with Gasteiger partial charge in [0.1, 0.15) is 5.75 Å². The van der Waals surface area contributed by atoms with E-state index < -0.39 is 0 Å². The minimum absolute atomic E-state index is 0.0243. The van der Waals surface area contributed by atoms with Crippen molar-refractivity contribution in [3.8, 4) is 11.6 Å². The van der Waals surface area contributed by atoms with Gasteiger partial charge in [0, 0.05) is 23.3 Å². The molecule has 0 fully saturated rings. The van der Waals surface area contributed by atoms with Crippen LogP contribution < -0.4 is 10.5 Å². The van der Waals surface area contributed by atoms with Crippen molar-refractivity contribution in [1.29, 1.82) is 0 Å². The van der Waals surface area contributed by atoms with Gasteiger partial charge in [-0.15, -0.1) is 0 Å². The molecule has 2 N–H and O–H groups in total. The van der Waals surface area contributed by atoms with Crippen LogP contribution in [0.15, 0.2) is 36.5 Å². The van der Waals surface area contributed by atoms with E-state index in [2.05, 4.69) is 11.9 Å². The van der Waals surface area contributed by atoms with Crippen molar-refractivity contribution in [3.63, 3.8) is 0 Å². The topological polar surface area (TPSA) is 48.1 Å². The highest BCUT2D eigenvalue weighted by Crippen LogP contribution is 2.26. The molecule has 2 rings (SSSR count). The van der Waals surface area contributed by atoms with Gasteiger partial charge in [0.15, 0.2) is 0 Å². The Kier molecular flexibility index (Phi) is 4.40. The number of ether oxygens (including phenoxy) is 1. The van der Waals surface area contributed by atoms with Crippen molar-refractivity contribution in [3.05, 3.63) is 52.7 Å². The fraction of sp³-hybridized carbons (Fsp3) is 0.267. The molecule has 0 aliphatic carbocycles. The number of aromatic nitrogens is 1. The van der Waals surface area contributed by atoms with Crippen LogP contribution in [0.3, 0.4) is 0 Å². The van der Waals surface area contributed by atoms with Gasteiger partial charge in [0.25, 0.3) is 0 Å². The zero-order valence-corrected chi connectivity index (χ0v) is 11.8. The number of hydrogen-bond acceptors (Lipinski definition) is 3. The third-order valence-electron chi connectivity index (χ3n) is 2.91. The molecule has 0 radical (unpaired) electrons. The third-order valence-corrected chi connectivity index (χ3v) is 3.27. The van der Waals surface area contributed by atoms with Crippen molar-refractivity contribution < 1.29 is 4.74 Å². The van der Waals surface area contributed by atoms with Gasteiger partial charge in [-0.05, 0) is 42.7 Å². The largest absolute Gasteiger partial charge is 0.439 e. The molecule has 1 atom stereocenters. The Labute approximate surface area is 118 Å². The van der Waals surface area contributed by atoms with Crippen LogP contribution in [-0.2, 0) is 6.42 Å². The van der Waals surface area contributed by atoms with Gasteiger partial charge < -0.3 is 10.5 Å². The number of halogens is 1. The van der Waals surface area contributed by atoms with E-state index >= 15 is 0 Å². The van der Waals surface area contributed by atoms with Crippen LogP contribution in [-0.4, -0.2) is 4.98 Å². The Morgan fingerprint density at radius 1 is 1.32 bits per heavy atom. The standard InChI is InChI=1S/C15H17ClN2O/c1-3-11-8-13(5-6-14(11)16)19-15-7-4-12(9-18-15)10(2)17/h4-10H,3,17H2,1-2H3/t10-/m0/s1. The summed E-state index contributed by atoms with van der Waals surface area (Å²) < 4.78 is 5.70. The summed E-state index contributed by atoms with van der Waals surface area (Å²) in [5, 5.41) is 0.759. The van der Waals surface area contributed by atoms with E-state index in [4.69, 9.17) is 22.1 Å². The molecule has 0 spiro atoms. The highest BCUT2D eigenvalue weighted by Gasteiger charge is 2.04. The lowest BCUT2D eigenvalue weighted by Gasteiger charge is -2.09. The van der Waals surface area contributed by atoms with Crippen LogP contribution in [0.1, 0.15) is 31.0 Å². The quantitative estimate of drug-likeness (QED) is 0.914. The predicted molar refractivity (Wildman–Crippen MR) is 77.7 cm³/mol. The molecule has 4 heteroatoms. The number of pyridine rings is 1. The van der Waals surface area contributed by atoms with Gasteiger partial charge >= 0.3 is 0 Å². The molecule has 0 aliphatic rings. The first-order chi connectivity index (χ1) is 9.10. The van der Waals surface area contributed by atoms with Gasteiger partial charge in [0.05, 0.1) is 0 Å². The van der Waals surface area contributed by atoms with Crippen LogP contribution in [0, 0.1) is 0 Å². The average Bonchev–Trinajstić information content (AvgIpc) is 2.41. The molecule has 0 saturated heterocycles. The van der Waals surface area contributed by atoms with E-state index in [0.717, 1.165) is 28.3 Å². The van der Waals surface area contributed by atoms with E-state index in [1.54, 1.807) is 6.20 Å². The molecule has 2 aromatic rings. The minimum Gasteiger partial charge on any atom is -0.439 e. The Balaban J connectivity index is 2.16. The number of nitrogens with two attached hydrogens (primary N) is 1. The molecule has 0 aliphatic heterocycles. The van der Waals surface area contributed by atoms with Crippen molar-refractivity contribution in [2.45, 2.75) is 26.3 Å². The smallest absolute Gasteiger partial charge is 0.219 e. The highest BCUT2D eigenvalue weighted by atomic mass is 35.5. The van der Waals surface area contributed by atoms with Crippen LogP contribution in [0.2, 0.25) is 5.02 Å². The summed E-state index contributed by atoms with van der Waals surface area (Å²) in [4.78, 5) is 4.24. The Bertz CT molecular complexity index is 553. The maximum atomic E-state index is 6.07. The second-order valence-electron chi connectivity index (χ2n) is 4.43. The number of nitrogens with zero attached hydrogens (tertiary/aromatic N) is 1. The Morgan fingerprint density at radius 3 is 2.68 bits per heavy atom. The third kappa shape index (κ3) is 3.46. The van der Waals surface area contributed by atoms with Crippen molar-refractivity contribution in [1.82, 2.24) is 4.98 Å². The summed E-state index contributed by atoms with van der Waals surface area (Å²) in [6.07, 6.45) is 2.60. The summed E-state index contributed by atoms with van der Waals surface area (Å²) in [6.45, 7) is 3.98. The molecule has 3 nitrogen and oxygen atoms in total. The first-order valence-corrected chi connectivity index (χ1v) is 6.65. The summed E-state index contributed by atoms with van der Waals surface area (Å²) in [7, 11) is 0. The molecule has 1 heterocycles. The second-order valence-corrected chi connectivity index (χ2v) is 4.83. The van der Waals surface area contributed by atoms with Crippen LogP contribution in [0.25, 0.3) is 0 Å². The van der Waals surface area contributed by atoms with Gasteiger partial charge in [0.2, 0.25) is 5.88 Å². The van der Waals surface area contributed by atoms with Crippen LogP contribution >= 0.6 is 11.6 Å². The average molecular weight is 277 g/mol. The van der Waals surface area contributed by atoms with Gasteiger partial charge in [-0.2, -0.15) is 0 Å². The van der Waals surface area contributed by atoms with Gasteiger partial charge in [-0.25, -0.2) is 4.98 Å². The monoisotopic (exact) mass is 276 g/mol. The lowest BCUT2D eigenvalue weighted by atomic mass is 10.1. The number of rotatable bonds is 4. The van der Waals surface area contributed by atoms with Crippen LogP contribution in [0.4, 0.5) is 0 Å². The summed E-state index contributed by atoms with van der Waals surface area (Å²) in [5.74, 6) is 1.29. The molecule has 1 aromatic heterocycles. The molecule has 1 aromatic carbocycles. The normalized spacial score (nSPS) is 12.2. The summed E-state index contributed by atoms with van der Waals surface area (Å²) >= 11 is 6.07. The molecular formula is C15H17ClN2O. The fourth-order valence-corrected chi connectivity index (χ4v) is 1.98. The van der Waals surface area contributed by atoms with E-state index in [-0.39, 0.29) is 6.04 Å². The number of hydrogen-bond donors (Lipinski definition) is 1. The van der Waals surface area contributed by atoms with E-state index in [9.17, 15) is 0 Å². The lowest BCUT2D eigenvalue weighted by Crippen LogP contribution is -2.05. The molecular weight excluding hydrogens is 260 g/mol. The predicted octanol–water partition coefficient (Wildman–Crippen LogP) is 4.11. The van der Waals surface area contributed by atoms with Gasteiger partial charge in [-0.1, -0.05) is 24.6 Å². The van der Waals surface area contributed by atoms with Crippen molar-refractivity contribution in [2.75, 3.05) is 0 Å². The maximum Gasteiger partial charge on any atom is 0.219 e. The van der Waals surface area contributed by atoms with E-state index in [1.807, 2.05) is 37.3 Å². The van der Waals surface area contributed by atoms with Crippen molar-refractivity contribution >= 4 is 11.6 Å². The second kappa shape index (κ2) is 6.04. The molecule has 0 bridgehead atoms. The van der Waals surface area contributed by atoms with E-state index in [0.29, 0.717) is 5.88 Å². The highest BCUT2D eigenvalue weighted by molar-refractivity contribution is 6.31. The number of benzene rings is 1. The molecule has 0 saturated carbocycles. The zero-order chi connectivity index (χ0) is 13.8. The summed E-state index contributed by atoms with van der Waals surface area (Å²) in [5.41, 5.74) is 7.82. The lowest BCUT2D eigenvalue weighted by molar-refractivity contribution is 0.461. The molecule has 19 heavy (non-hydrogen) atoms. The fourth-order valence-electron chi connectivity index (χ4n) is 1.73. The maximum absolute atomic E-state index is 6.07. The first kappa shape index (κ1) is 13.8. The summed E-state index contributed by atoms with van der Waals surface area (Å²) in [6, 6.07) is 9.32. The van der Waals surface area contributed by atoms with Gasteiger partial charge in [-0.3, -0.25) is 0 Å². The van der Waals surface area contributed by atoms with E-state index in [1.165, 1.54) is 0 Å². The molecule has 100 valence electrons. The Morgan fingerprint density at radius 2 is 2.11 bits per heavy atom. The molecule has 0 unspecified atom stereocenters. The molecule has 0 amide bonds. The van der Waals surface area contributed by atoms with Crippen molar-refractivity contribution in [2.24, 2.45) is 5.73 Å².